The fraction of sp³-hybridized carbons (Fsp3) is 0.889. The molecule has 0 aromatic heterocycles. The highest BCUT2D eigenvalue weighted by Gasteiger charge is 2.19. The van der Waals surface area contributed by atoms with E-state index in [9.17, 15) is 4.79 Å². The van der Waals surface area contributed by atoms with Crippen LogP contribution >= 0.6 is 0 Å². The minimum atomic E-state index is -0.582. The third-order valence-electron chi connectivity index (χ3n) is 2.41. The third-order valence-corrected chi connectivity index (χ3v) is 2.41. The van der Waals surface area contributed by atoms with Gasteiger partial charge in [0, 0.05) is 19.7 Å². The Labute approximate surface area is 84.4 Å². The number of carbonyl (C=O) groups is 1. The summed E-state index contributed by atoms with van der Waals surface area (Å²) in [5.74, 6) is -0.454. The highest BCUT2D eigenvalue weighted by atomic mass is 16.5. The number of ether oxygens (including phenoxy) is 1. The molecule has 2 atom stereocenters. The van der Waals surface area contributed by atoms with Gasteiger partial charge >= 0.3 is 0 Å². The fourth-order valence-electron chi connectivity index (χ4n) is 1.64. The van der Waals surface area contributed by atoms with E-state index >= 15 is 0 Å². The monoisotopic (exact) mass is 201 g/mol. The highest BCUT2D eigenvalue weighted by Crippen LogP contribution is 2.12. The lowest BCUT2D eigenvalue weighted by molar-refractivity contribution is -0.119. The molecule has 1 amide bonds. The molecule has 0 radical (unpaired) electrons. The van der Waals surface area contributed by atoms with E-state index in [1.807, 2.05) is 11.9 Å². The lowest BCUT2D eigenvalue weighted by atomic mass is 10.2. The first-order chi connectivity index (χ1) is 6.59. The van der Waals surface area contributed by atoms with Gasteiger partial charge in [-0.05, 0) is 19.9 Å². The van der Waals surface area contributed by atoms with Gasteiger partial charge in [0.15, 0.2) is 0 Å². The quantitative estimate of drug-likeness (QED) is 0.592. The number of hydrogen-bond acceptors (Lipinski definition) is 4. The number of nitrogens with zero attached hydrogens (tertiary/aromatic N) is 1. The van der Waals surface area contributed by atoms with E-state index in [0.29, 0.717) is 12.6 Å². The average Bonchev–Trinajstić information content (AvgIpc) is 2.56. The van der Waals surface area contributed by atoms with Crippen LogP contribution in [0.2, 0.25) is 0 Å². The number of nitrogens with two attached hydrogens (primary N) is 2. The third kappa shape index (κ3) is 3.61. The van der Waals surface area contributed by atoms with Gasteiger partial charge in [-0.3, -0.25) is 4.79 Å². The van der Waals surface area contributed by atoms with Crippen LogP contribution in [-0.4, -0.2) is 49.7 Å². The zero-order valence-corrected chi connectivity index (χ0v) is 8.61. The van der Waals surface area contributed by atoms with Crippen LogP contribution in [0.15, 0.2) is 0 Å². The Hall–Kier alpha value is -0.650. The van der Waals surface area contributed by atoms with Crippen LogP contribution in [0.3, 0.4) is 0 Å². The SMILES string of the molecule is CN(CC1CCCO1)CC(N)C(N)=O. The molecule has 1 rings (SSSR count). The van der Waals surface area contributed by atoms with Gasteiger partial charge < -0.3 is 21.1 Å². The second kappa shape index (κ2) is 5.29. The summed E-state index contributed by atoms with van der Waals surface area (Å²) in [6.07, 6.45) is 2.51. The van der Waals surface area contributed by atoms with Crippen molar-refractivity contribution in [3.05, 3.63) is 0 Å². The number of carbonyl (C=O) groups excluding carboxylic acids is 1. The second-order valence-electron chi connectivity index (χ2n) is 3.87. The summed E-state index contributed by atoms with van der Waals surface area (Å²) in [7, 11) is 1.92. The molecule has 2 unspecified atom stereocenters. The van der Waals surface area contributed by atoms with Crippen molar-refractivity contribution in [2.24, 2.45) is 11.5 Å². The van der Waals surface area contributed by atoms with E-state index in [-0.39, 0.29) is 0 Å². The summed E-state index contributed by atoms with van der Waals surface area (Å²) in [5, 5.41) is 0. The standard InChI is InChI=1S/C9H19N3O2/c1-12(6-8(10)9(11)13)5-7-3-2-4-14-7/h7-8H,2-6,10H2,1H3,(H2,11,13). The number of primary amides is 1. The number of amides is 1. The van der Waals surface area contributed by atoms with Crippen LogP contribution in [0.25, 0.3) is 0 Å². The smallest absolute Gasteiger partial charge is 0.235 e. The Morgan fingerprint density at radius 2 is 2.43 bits per heavy atom. The molecule has 0 aromatic rings. The normalized spacial score (nSPS) is 24.1. The zero-order valence-electron chi connectivity index (χ0n) is 8.61. The second-order valence-corrected chi connectivity index (χ2v) is 3.87. The van der Waals surface area contributed by atoms with Gasteiger partial charge in [-0.1, -0.05) is 0 Å². The highest BCUT2D eigenvalue weighted by molar-refractivity contribution is 5.79. The predicted octanol–water partition coefficient (Wildman–Crippen LogP) is -1.09. The Balaban J connectivity index is 2.20. The fourth-order valence-corrected chi connectivity index (χ4v) is 1.64. The van der Waals surface area contributed by atoms with Gasteiger partial charge in [0.1, 0.15) is 0 Å². The van der Waals surface area contributed by atoms with Crippen LogP contribution < -0.4 is 11.5 Å². The van der Waals surface area contributed by atoms with E-state index in [0.717, 1.165) is 26.0 Å². The van der Waals surface area contributed by atoms with Gasteiger partial charge in [0.25, 0.3) is 0 Å². The van der Waals surface area contributed by atoms with Gasteiger partial charge in [0.2, 0.25) is 5.91 Å². The first-order valence-corrected chi connectivity index (χ1v) is 4.94. The van der Waals surface area contributed by atoms with Crippen molar-refractivity contribution in [1.82, 2.24) is 4.90 Å². The molecule has 1 aliphatic rings. The lowest BCUT2D eigenvalue weighted by Gasteiger charge is -2.22. The maximum atomic E-state index is 10.7. The minimum absolute atomic E-state index is 0.292. The van der Waals surface area contributed by atoms with Crippen LogP contribution in [0.4, 0.5) is 0 Å². The van der Waals surface area contributed by atoms with Crippen molar-refractivity contribution in [3.8, 4) is 0 Å². The molecule has 0 bridgehead atoms. The van der Waals surface area contributed by atoms with E-state index in [2.05, 4.69) is 0 Å². The first-order valence-electron chi connectivity index (χ1n) is 4.94. The van der Waals surface area contributed by atoms with Crippen LogP contribution in [0.5, 0.6) is 0 Å². The van der Waals surface area contributed by atoms with E-state index < -0.39 is 11.9 Å². The first kappa shape index (κ1) is 11.4. The molecule has 0 aliphatic carbocycles. The Bertz CT molecular complexity index is 192. The van der Waals surface area contributed by atoms with Crippen molar-refractivity contribution >= 4 is 5.91 Å². The van der Waals surface area contributed by atoms with E-state index in [1.165, 1.54) is 0 Å². The van der Waals surface area contributed by atoms with Gasteiger partial charge in [0.05, 0.1) is 12.1 Å². The largest absolute Gasteiger partial charge is 0.377 e. The van der Waals surface area contributed by atoms with Gasteiger partial charge in [-0.15, -0.1) is 0 Å². The summed E-state index contributed by atoms with van der Waals surface area (Å²) in [4.78, 5) is 12.7. The Morgan fingerprint density at radius 1 is 1.71 bits per heavy atom. The number of hydrogen-bond donors (Lipinski definition) is 2. The van der Waals surface area contributed by atoms with Gasteiger partial charge in [-0.25, -0.2) is 0 Å². The van der Waals surface area contributed by atoms with E-state index in [4.69, 9.17) is 16.2 Å². The minimum Gasteiger partial charge on any atom is -0.377 e. The molecule has 0 aromatic carbocycles. The molecule has 1 fully saturated rings. The zero-order chi connectivity index (χ0) is 10.6. The molecule has 5 nitrogen and oxygen atoms in total. The number of likely N-dealkylation sites (N-methyl/N-ethyl adjacent to an activating group) is 1. The van der Waals surface area contributed by atoms with Crippen molar-refractivity contribution in [2.45, 2.75) is 25.0 Å². The topological polar surface area (TPSA) is 81.6 Å². The van der Waals surface area contributed by atoms with E-state index in [1.54, 1.807) is 0 Å². The molecular formula is C9H19N3O2. The maximum Gasteiger partial charge on any atom is 0.235 e. The number of rotatable bonds is 5. The molecule has 5 heteroatoms. The molecule has 0 spiro atoms. The summed E-state index contributed by atoms with van der Waals surface area (Å²) >= 11 is 0. The van der Waals surface area contributed by atoms with Crippen LogP contribution in [-0.2, 0) is 9.53 Å². The summed E-state index contributed by atoms with van der Waals surface area (Å²) in [6.45, 7) is 2.16. The van der Waals surface area contributed by atoms with Crippen molar-refractivity contribution in [3.63, 3.8) is 0 Å². The van der Waals surface area contributed by atoms with Crippen molar-refractivity contribution in [2.75, 3.05) is 26.7 Å². The van der Waals surface area contributed by atoms with Gasteiger partial charge in [-0.2, -0.15) is 0 Å². The predicted molar refractivity (Wildman–Crippen MR) is 53.6 cm³/mol. The molecule has 1 heterocycles. The molecule has 82 valence electrons. The molecule has 4 N–H and O–H groups in total. The lowest BCUT2D eigenvalue weighted by Crippen LogP contribution is -2.46. The summed E-state index contributed by atoms with van der Waals surface area (Å²) in [5.41, 5.74) is 10.6. The molecular weight excluding hydrogens is 182 g/mol. The van der Waals surface area contributed by atoms with Crippen LogP contribution in [0, 0.1) is 0 Å². The maximum absolute atomic E-state index is 10.7. The van der Waals surface area contributed by atoms with Crippen molar-refractivity contribution < 1.29 is 9.53 Å². The Kier molecular flexibility index (Phi) is 4.31. The Morgan fingerprint density at radius 3 is 2.93 bits per heavy atom. The molecule has 14 heavy (non-hydrogen) atoms. The molecule has 0 saturated carbocycles. The molecule has 1 aliphatic heterocycles. The van der Waals surface area contributed by atoms with Crippen LogP contribution in [0.1, 0.15) is 12.8 Å². The van der Waals surface area contributed by atoms with Crippen molar-refractivity contribution in [1.29, 1.82) is 0 Å². The molecule has 1 saturated heterocycles. The summed E-state index contributed by atoms with van der Waals surface area (Å²) < 4.78 is 5.47. The average molecular weight is 201 g/mol. The summed E-state index contributed by atoms with van der Waals surface area (Å²) in [6, 6.07) is -0.582.